The minimum absolute atomic E-state index is 0.0307. The number of hydrogen-bond donors (Lipinski definition) is 2. The number of carbonyl (C=O) groups is 1. The number of alkyl halides is 3. The molecule has 1 fully saturated rings. The van der Waals surface area contributed by atoms with Crippen LogP contribution in [0, 0.1) is 12.7 Å². The average Bonchev–Trinajstić information content (AvgIpc) is 3.03. The highest BCUT2D eigenvalue weighted by Gasteiger charge is 2.31. The number of nitrogens with one attached hydrogen (secondary N) is 2. The van der Waals surface area contributed by atoms with E-state index in [-0.39, 0.29) is 28.6 Å². The quantitative estimate of drug-likeness (QED) is 0.171. The normalized spacial score (nSPS) is 15.6. The number of likely N-dealkylation sites (tertiary alicyclic amines) is 1. The maximum Gasteiger partial charge on any atom is 0.410 e. The van der Waals surface area contributed by atoms with E-state index in [0.29, 0.717) is 35.7 Å². The number of pyridine rings is 1. The first-order chi connectivity index (χ1) is 23.0. The summed E-state index contributed by atoms with van der Waals surface area (Å²) in [5.74, 6) is -1.88. The summed E-state index contributed by atoms with van der Waals surface area (Å²) in [5.41, 5.74) is -0.331. The number of nitrogens with zero attached hydrogens (tertiary/aromatic N) is 4. The van der Waals surface area contributed by atoms with E-state index in [1.54, 1.807) is 41.4 Å². The zero-order valence-electron chi connectivity index (χ0n) is 27.3. The van der Waals surface area contributed by atoms with Gasteiger partial charge in [-0.25, -0.2) is 32.6 Å². The summed E-state index contributed by atoms with van der Waals surface area (Å²) >= 11 is 0. The van der Waals surface area contributed by atoms with Crippen molar-refractivity contribution >= 4 is 38.5 Å². The van der Waals surface area contributed by atoms with Crippen molar-refractivity contribution < 1.29 is 40.2 Å². The number of anilines is 2. The Morgan fingerprint density at radius 3 is 2.49 bits per heavy atom. The number of carbonyl (C=O) groups excluding carboxylic acids is 1. The zero-order chi connectivity index (χ0) is 35.6. The van der Waals surface area contributed by atoms with Crippen molar-refractivity contribution in [2.75, 3.05) is 28.9 Å². The predicted molar refractivity (Wildman–Crippen MR) is 177 cm³/mol. The Labute approximate surface area is 281 Å². The minimum Gasteiger partial charge on any atom is -0.444 e. The van der Waals surface area contributed by atoms with Gasteiger partial charge in [0.1, 0.15) is 11.4 Å². The Balaban J connectivity index is 1.41. The molecule has 0 spiro atoms. The molecule has 1 aliphatic heterocycles. The van der Waals surface area contributed by atoms with Crippen LogP contribution in [0.15, 0.2) is 54.9 Å². The molecular weight excluding hydrogens is 668 g/mol. The molecule has 1 saturated heterocycles. The van der Waals surface area contributed by atoms with Crippen LogP contribution in [0.2, 0.25) is 0 Å². The molecule has 0 radical (unpaired) electrons. The number of aromatic nitrogens is 3. The monoisotopic (exact) mass is 704 g/mol. The van der Waals surface area contributed by atoms with Crippen LogP contribution in [0.25, 0.3) is 22.0 Å². The molecule has 49 heavy (non-hydrogen) atoms. The van der Waals surface area contributed by atoms with Crippen LogP contribution in [0.4, 0.5) is 34.0 Å². The summed E-state index contributed by atoms with van der Waals surface area (Å²) in [6.07, 6.45) is -2.12. The van der Waals surface area contributed by atoms with Gasteiger partial charge < -0.3 is 19.7 Å². The predicted octanol–water partition coefficient (Wildman–Crippen LogP) is 7.44. The fourth-order valence-corrected chi connectivity index (χ4v) is 6.42. The van der Waals surface area contributed by atoms with Gasteiger partial charge in [0.2, 0.25) is 21.9 Å². The summed E-state index contributed by atoms with van der Waals surface area (Å²) in [4.78, 5) is 27.6. The van der Waals surface area contributed by atoms with Crippen molar-refractivity contribution in [1.82, 2.24) is 19.9 Å². The third-order valence-corrected chi connectivity index (χ3v) is 8.81. The molecule has 2 aromatic heterocycles. The van der Waals surface area contributed by atoms with Gasteiger partial charge in [-0.2, -0.15) is 13.2 Å². The zero-order valence-corrected chi connectivity index (χ0v) is 28.1. The number of benzene rings is 2. The summed E-state index contributed by atoms with van der Waals surface area (Å²) in [7, 11) is -4.55. The molecule has 1 amide bonds. The molecule has 1 aliphatic rings. The van der Waals surface area contributed by atoms with Crippen LogP contribution in [-0.2, 0) is 14.8 Å². The summed E-state index contributed by atoms with van der Waals surface area (Å²) in [6.45, 7) is 7.77. The maximum atomic E-state index is 15.8. The number of fused-ring (bicyclic) bond motifs is 1. The third kappa shape index (κ3) is 9.04. The second kappa shape index (κ2) is 14.0. The van der Waals surface area contributed by atoms with Gasteiger partial charge in [-0.15, -0.1) is 0 Å². The summed E-state index contributed by atoms with van der Waals surface area (Å²) < 4.78 is 92.8. The molecular formula is C33H36F4N6O5S. The van der Waals surface area contributed by atoms with Crippen molar-refractivity contribution in [3.8, 4) is 22.9 Å². The number of halogens is 4. The standard InChI is InChI=1S/C33H36F4N6O5S/c1-20-26(34)27(42-49(45,46)18-14-33(35,36)37)22-10-5-6-11-23(22)28(20)47-29-24(12-7-15-38-29)25-13-16-39-30(41-25)40-21-9-8-17-43(19-21)31(44)48-32(2,3)4/h5-7,10-13,15-16,21,42H,8-9,14,17-19H2,1-4H3,(H,39,40,41). The third-order valence-electron chi connectivity index (χ3n) is 7.55. The van der Waals surface area contributed by atoms with Gasteiger partial charge in [-0.3, -0.25) is 4.72 Å². The van der Waals surface area contributed by atoms with Crippen LogP contribution in [0.1, 0.15) is 45.6 Å². The van der Waals surface area contributed by atoms with E-state index in [1.807, 2.05) is 25.5 Å². The van der Waals surface area contributed by atoms with Gasteiger partial charge in [0, 0.05) is 47.9 Å². The maximum absolute atomic E-state index is 15.8. The molecule has 0 saturated carbocycles. The van der Waals surface area contributed by atoms with Crippen molar-refractivity contribution in [3.05, 3.63) is 66.2 Å². The van der Waals surface area contributed by atoms with E-state index in [4.69, 9.17) is 9.47 Å². The SMILES string of the molecule is Cc1c(F)c(NS(=O)(=O)CCC(F)(F)F)c2ccccc2c1Oc1ncccc1-c1ccnc(NC2CCCN(C(=O)OC(C)(C)C)C2)n1. The lowest BCUT2D eigenvalue weighted by Gasteiger charge is -2.34. The molecule has 2 aromatic carbocycles. The fourth-order valence-electron chi connectivity index (χ4n) is 5.31. The molecule has 2 N–H and O–H groups in total. The first-order valence-corrected chi connectivity index (χ1v) is 17.1. The number of rotatable bonds is 9. The first-order valence-electron chi connectivity index (χ1n) is 15.5. The van der Waals surface area contributed by atoms with Crippen LogP contribution in [0.3, 0.4) is 0 Å². The van der Waals surface area contributed by atoms with Crippen LogP contribution >= 0.6 is 0 Å². The molecule has 5 rings (SSSR count). The van der Waals surface area contributed by atoms with Gasteiger partial charge in [-0.05, 0) is 58.7 Å². The van der Waals surface area contributed by atoms with Gasteiger partial charge in [-0.1, -0.05) is 24.3 Å². The number of amides is 1. The molecule has 16 heteroatoms. The molecule has 0 bridgehead atoms. The van der Waals surface area contributed by atoms with E-state index in [9.17, 15) is 26.4 Å². The van der Waals surface area contributed by atoms with E-state index in [1.165, 1.54) is 25.3 Å². The Morgan fingerprint density at radius 2 is 1.78 bits per heavy atom. The Morgan fingerprint density at radius 1 is 1.04 bits per heavy atom. The molecule has 11 nitrogen and oxygen atoms in total. The highest BCUT2D eigenvalue weighted by molar-refractivity contribution is 7.92. The lowest BCUT2D eigenvalue weighted by molar-refractivity contribution is -0.129. The van der Waals surface area contributed by atoms with Gasteiger partial charge in [0.15, 0.2) is 5.82 Å². The molecule has 3 heterocycles. The molecule has 0 aliphatic carbocycles. The number of ether oxygens (including phenoxy) is 2. The van der Waals surface area contributed by atoms with E-state index in [0.717, 1.165) is 12.8 Å². The first kappa shape index (κ1) is 35.6. The highest BCUT2D eigenvalue weighted by atomic mass is 32.2. The van der Waals surface area contributed by atoms with Crippen molar-refractivity contribution in [2.45, 2.75) is 64.8 Å². The Kier molecular flexibility index (Phi) is 10.2. The smallest absolute Gasteiger partial charge is 0.410 e. The lowest BCUT2D eigenvalue weighted by atomic mass is 10.0. The Hall–Kier alpha value is -4.73. The minimum atomic E-state index is -4.71. The second-order valence-corrected chi connectivity index (χ2v) is 14.5. The molecule has 1 atom stereocenters. The van der Waals surface area contributed by atoms with Crippen LogP contribution in [-0.4, -0.2) is 71.0 Å². The topological polar surface area (TPSA) is 136 Å². The lowest BCUT2D eigenvalue weighted by Crippen LogP contribution is -2.47. The summed E-state index contributed by atoms with van der Waals surface area (Å²) in [5, 5.41) is 3.66. The molecule has 1 unspecified atom stereocenters. The van der Waals surface area contributed by atoms with Crippen LogP contribution in [0.5, 0.6) is 11.6 Å². The van der Waals surface area contributed by atoms with Gasteiger partial charge >= 0.3 is 12.3 Å². The fraction of sp³-hybridized carbons (Fsp3) is 0.394. The molecule has 262 valence electrons. The largest absolute Gasteiger partial charge is 0.444 e. The van der Waals surface area contributed by atoms with Gasteiger partial charge in [0.05, 0.1) is 29.1 Å². The highest BCUT2D eigenvalue weighted by Crippen LogP contribution is 2.42. The number of hydrogen-bond acceptors (Lipinski definition) is 9. The summed E-state index contributed by atoms with van der Waals surface area (Å²) in [6, 6.07) is 11.1. The van der Waals surface area contributed by atoms with E-state index >= 15 is 4.39 Å². The number of sulfonamides is 1. The van der Waals surface area contributed by atoms with Crippen LogP contribution < -0.4 is 14.8 Å². The average molecular weight is 705 g/mol. The number of piperidine rings is 1. The van der Waals surface area contributed by atoms with Gasteiger partial charge in [0.25, 0.3) is 0 Å². The second-order valence-electron chi connectivity index (χ2n) is 12.6. The van der Waals surface area contributed by atoms with E-state index in [2.05, 4.69) is 20.3 Å². The van der Waals surface area contributed by atoms with E-state index < -0.39 is 51.6 Å². The van der Waals surface area contributed by atoms with Crippen molar-refractivity contribution in [2.24, 2.45) is 0 Å². The molecule has 4 aromatic rings. The van der Waals surface area contributed by atoms with Crippen molar-refractivity contribution in [1.29, 1.82) is 0 Å². The Bertz CT molecular complexity index is 1950. The van der Waals surface area contributed by atoms with Crippen molar-refractivity contribution in [3.63, 3.8) is 0 Å².